The van der Waals surface area contributed by atoms with Crippen LogP contribution in [0.15, 0.2) is 6.58 Å². The molecule has 5 N–H and O–H groups in total. The summed E-state index contributed by atoms with van der Waals surface area (Å²) >= 11 is 0. The number of nitrogen functional groups attached to an aromatic ring is 2. The van der Waals surface area contributed by atoms with E-state index in [9.17, 15) is 0 Å². The summed E-state index contributed by atoms with van der Waals surface area (Å²) in [4.78, 5) is 8.08. The Kier molecular flexibility index (Phi) is 4.25. The van der Waals surface area contributed by atoms with E-state index in [0.717, 1.165) is 23.3 Å². The Morgan fingerprint density at radius 3 is 2.62 bits per heavy atom. The summed E-state index contributed by atoms with van der Waals surface area (Å²) in [6, 6.07) is 0. The molecule has 0 aliphatic rings. The molecule has 0 amide bonds. The van der Waals surface area contributed by atoms with Crippen LogP contribution in [0.3, 0.4) is 0 Å². The number of aromatic nitrogens is 2. The molecular weight excluding hydrogens is 204 g/mol. The lowest BCUT2D eigenvalue weighted by Gasteiger charge is -2.12. The van der Waals surface area contributed by atoms with Crippen LogP contribution in [0.2, 0.25) is 0 Å². The normalized spacial score (nSPS) is 10.4. The van der Waals surface area contributed by atoms with Crippen LogP contribution in [0.5, 0.6) is 0 Å². The average molecular weight is 222 g/mol. The minimum Gasteiger partial charge on any atom is -0.396 e. The van der Waals surface area contributed by atoms with Gasteiger partial charge in [0.05, 0.1) is 5.69 Å². The largest absolute Gasteiger partial charge is 0.396 e. The molecule has 0 radical (unpaired) electrons. The van der Waals surface area contributed by atoms with Crippen molar-refractivity contribution >= 4 is 17.3 Å². The smallest absolute Gasteiger partial charge is 0.222 e. The molecule has 0 spiro atoms. The Morgan fingerprint density at radius 2 is 2.06 bits per heavy atom. The Hall–Kier alpha value is -1.62. The minimum absolute atomic E-state index is 0.135. The van der Waals surface area contributed by atoms with Gasteiger partial charge >= 0.3 is 0 Å². The van der Waals surface area contributed by atoms with Gasteiger partial charge in [0.15, 0.2) is 0 Å². The Bertz CT molecular complexity index is 390. The summed E-state index contributed by atoms with van der Waals surface area (Å²) < 4.78 is 0. The molecular formula is C11H18N4O. The van der Waals surface area contributed by atoms with E-state index in [1.165, 1.54) is 0 Å². The zero-order valence-corrected chi connectivity index (χ0v) is 9.53. The van der Waals surface area contributed by atoms with E-state index in [2.05, 4.69) is 16.5 Å². The van der Waals surface area contributed by atoms with Crippen molar-refractivity contribution in [2.24, 2.45) is 0 Å². The maximum Gasteiger partial charge on any atom is 0.222 e. The van der Waals surface area contributed by atoms with Crippen LogP contribution < -0.4 is 11.5 Å². The number of aliphatic hydroxyl groups excluding tert-OH is 1. The van der Waals surface area contributed by atoms with Gasteiger partial charge in [0, 0.05) is 12.2 Å². The Labute approximate surface area is 95.2 Å². The van der Waals surface area contributed by atoms with Crippen molar-refractivity contribution in [3.05, 3.63) is 17.8 Å². The van der Waals surface area contributed by atoms with Crippen molar-refractivity contribution in [3.63, 3.8) is 0 Å². The maximum atomic E-state index is 8.78. The molecule has 0 fully saturated rings. The van der Waals surface area contributed by atoms with Crippen LogP contribution in [0, 0.1) is 0 Å². The highest BCUT2D eigenvalue weighted by molar-refractivity contribution is 5.73. The summed E-state index contributed by atoms with van der Waals surface area (Å²) in [5, 5.41) is 8.78. The summed E-state index contributed by atoms with van der Waals surface area (Å²) in [6.45, 7) is 6.06. The number of nitrogens with zero attached hydrogens (tertiary/aromatic N) is 2. The van der Waals surface area contributed by atoms with Gasteiger partial charge in [-0.3, -0.25) is 0 Å². The first-order valence-corrected chi connectivity index (χ1v) is 5.31. The predicted molar refractivity (Wildman–Crippen MR) is 65.6 cm³/mol. The quantitative estimate of drug-likeness (QED) is 0.690. The number of rotatable bonds is 5. The van der Waals surface area contributed by atoms with Gasteiger partial charge in [0.2, 0.25) is 5.95 Å². The molecule has 0 unspecified atom stereocenters. The number of aliphatic hydroxyl groups is 1. The van der Waals surface area contributed by atoms with Crippen LogP contribution in [-0.2, 0) is 6.42 Å². The molecule has 1 rings (SSSR count). The van der Waals surface area contributed by atoms with Crippen molar-refractivity contribution in [1.29, 1.82) is 0 Å². The first-order valence-electron chi connectivity index (χ1n) is 5.31. The first-order chi connectivity index (χ1) is 7.60. The molecule has 0 saturated heterocycles. The molecule has 1 aromatic heterocycles. The van der Waals surface area contributed by atoms with Gasteiger partial charge in [-0.1, -0.05) is 13.5 Å². The third-order valence-corrected chi connectivity index (χ3v) is 2.35. The lowest BCUT2D eigenvalue weighted by Crippen LogP contribution is -2.08. The van der Waals surface area contributed by atoms with Crippen molar-refractivity contribution in [2.45, 2.75) is 26.2 Å². The Balaban J connectivity index is 3.06. The van der Waals surface area contributed by atoms with Gasteiger partial charge in [-0.05, 0) is 24.8 Å². The second-order valence-electron chi connectivity index (χ2n) is 3.57. The summed E-state index contributed by atoms with van der Waals surface area (Å²) in [5.74, 6) is 0.556. The zero-order chi connectivity index (χ0) is 12.1. The van der Waals surface area contributed by atoms with Gasteiger partial charge in [-0.2, -0.15) is 4.98 Å². The topological polar surface area (TPSA) is 98.0 Å². The van der Waals surface area contributed by atoms with E-state index in [1.54, 1.807) is 0 Å². The number of aryl methyl sites for hydroxylation is 1. The van der Waals surface area contributed by atoms with Crippen LogP contribution in [0.1, 0.15) is 31.0 Å². The number of nitrogens with two attached hydrogens (primary N) is 2. The monoisotopic (exact) mass is 222 g/mol. The maximum absolute atomic E-state index is 8.78. The fourth-order valence-electron chi connectivity index (χ4n) is 1.60. The molecule has 0 saturated carbocycles. The standard InChI is InChI=1S/C11H18N4O/c1-3-8-9(7(2)5-4-6-16)10(12)15-11(13)14-8/h16H,2-6H2,1H3,(H4,12,13,14,15). The fraction of sp³-hybridized carbons (Fsp3) is 0.455. The zero-order valence-electron chi connectivity index (χ0n) is 9.53. The van der Waals surface area contributed by atoms with Crippen LogP contribution >= 0.6 is 0 Å². The average Bonchev–Trinajstić information content (AvgIpc) is 2.24. The second-order valence-corrected chi connectivity index (χ2v) is 3.57. The van der Waals surface area contributed by atoms with Crippen molar-refractivity contribution < 1.29 is 5.11 Å². The number of hydrogen-bond acceptors (Lipinski definition) is 5. The molecule has 16 heavy (non-hydrogen) atoms. The van der Waals surface area contributed by atoms with E-state index in [1.807, 2.05) is 6.92 Å². The molecule has 0 aliphatic heterocycles. The molecule has 5 heteroatoms. The van der Waals surface area contributed by atoms with Crippen LogP contribution in [0.25, 0.3) is 5.57 Å². The van der Waals surface area contributed by atoms with E-state index >= 15 is 0 Å². The van der Waals surface area contributed by atoms with Crippen LogP contribution in [0.4, 0.5) is 11.8 Å². The molecule has 0 aromatic carbocycles. The van der Waals surface area contributed by atoms with Crippen molar-refractivity contribution in [3.8, 4) is 0 Å². The van der Waals surface area contributed by atoms with Gasteiger partial charge in [0.1, 0.15) is 5.82 Å². The number of hydrogen-bond donors (Lipinski definition) is 3. The summed E-state index contributed by atoms with van der Waals surface area (Å²) in [5.41, 5.74) is 13.8. The summed E-state index contributed by atoms with van der Waals surface area (Å²) in [7, 11) is 0. The van der Waals surface area contributed by atoms with Gasteiger partial charge in [-0.25, -0.2) is 4.98 Å². The van der Waals surface area contributed by atoms with Gasteiger partial charge < -0.3 is 16.6 Å². The molecule has 0 aliphatic carbocycles. The van der Waals surface area contributed by atoms with Crippen molar-refractivity contribution in [2.75, 3.05) is 18.1 Å². The minimum atomic E-state index is 0.135. The number of allylic oxidation sites excluding steroid dienone is 1. The third kappa shape index (κ3) is 2.70. The second kappa shape index (κ2) is 5.46. The molecule has 0 bridgehead atoms. The fourth-order valence-corrected chi connectivity index (χ4v) is 1.60. The highest BCUT2D eigenvalue weighted by Crippen LogP contribution is 2.26. The number of anilines is 2. The predicted octanol–water partition coefficient (Wildman–Crippen LogP) is 0.989. The summed E-state index contributed by atoms with van der Waals surface area (Å²) in [6.07, 6.45) is 2.07. The lowest BCUT2D eigenvalue weighted by atomic mass is 10.0. The lowest BCUT2D eigenvalue weighted by molar-refractivity contribution is 0.290. The SMILES string of the molecule is C=C(CCCO)c1c(N)nc(N)nc1CC. The van der Waals surface area contributed by atoms with E-state index in [-0.39, 0.29) is 12.6 Å². The third-order valence-electron chi connectivity index (χ3n) is 2.35. The molecule has 5 nitrogen and oxygen atoms in total. The highest BCUT2D eigenvalue weighted by atomic mass is 16.2. The molecule has 1 heterocycles. The first kappa shape index (κ1) is 12.4. The van der Waals surface area contributed by atoms with Gasteiger partial charge in [0.25, 0.3) is 0 Å². The van der Waals surface area contributed by atoms with Crippen molar-refractivity contribution in [1.82, 2.24) is 9.97 Å². The Morgan fingerprint density at radius 1 is 1.38 bits per heavy atom. The highest BCUT2D eigenvalue weighted by Gasteiger charge is 2.12. The van der Waals surface area contributed by atoms with Gasteiger partial charge in [-0.15, -0.1) is 0 Å². The van der Waals surface area contributed by atoms with E-state index in [0.29, 0.717) is 18.7 Å². The van der Waals surface area contributed by atoms with E-state index < -0.39 is 0 Å². The van der Waals surface area contributed by atoms with Crippen LogP contribution in [-0.4, -0.2) is 21.7 Å². The molecule has 1 aromatic rings. The molecule has 0 atom stereocenters. The molecule has 88 valence electrons. The van der Waals surface area contributed by atoms with E-state index in [4.69, 9.17) is 16.6 Å².